The van der Waals surface area contributed by atoms with Crippen LogP contribution in [0.2, 0.25) is 0 Å². The van der Waals surface area contributed by atoms with Gasteiger partial charge in [-0.25, -0.2) is 4.79 Å². The summed E-state index contributed by atoms with van der Waals surface area (Å²) < 4.78 is 15.0. The van der Waals surface area contributed by atoms with Crippen molar-refractivity contribution in [3.63, 3.8) is 0 Å². The van der Waals surface area contributed by atoms with Gasteiger partial charge in [0.05, 0.1) is 18.6 Å². The molecule has 0 aliphatic carbocycles. The van der Waals surface area contributed by atoms with Gasteiger partial charge in [-0.05, 0) is 27.2 Å². The van der Waals surface area contributed by atoms with Crippen LogP contribution in [0.25, 0.3) is 0 Å². The van der Waals surface area contributed by atoms with Crippen molar-refractivity contribution in [2.45, 2.75) is 40.2 Å². The number of carbonyl (C=O) groups is 2. The second-order valence-electron chi connectivity index (χ2n) is 5.48. The highest BCUT2D eigenvalue weighted by molar-refractivity contribution is 5.86. The first-order chi connectivity index (χ1) is 9.70. The maximum absolute atomic E-state index is 11.6. The molecule has 6 nitrogen and oxygen atoms in total. The second kappa shape index (κ2) is 9.52. The van der Waals surface area contributed by atoms with Gasteiger partial charge < -0.3 is 19.3 Å². The quantitative estimate of drug-likeness (QED) is 0.374. The van der Waals surface area contributed by atoms with Crippen molar-refractivity contribution in [3.05, 3.63) is 12.2 Å². The highest BCUT2D eigenvalue weighted by Gasteiger charge is 2.26. The predicted octanol–water partition coefficient (Wildman–Crippen LogP) is 1.46. The number of esters is 2. The molecule has 0 spiro atoms. The van der Waals surface area contributed by atoms with E-state index >= 15 is 0 Å². The monoisotopic (exact) mass is 302 g/mol. The maximum atomic E-state index is 11.6. The summed E-state index contributed by atoms with van der Waals surface area (Å²) in [6.45, 7) is 10.6. The van der Waals surface area contributed by atoms with Crippen molar-refractivity contribution in [1.82, 2.24) is 0 Å². The predicted molar refractivity (Wildman–Crippen MR) is 77.6 cm³/mol. The molecule has 1 atom stereocenters. The lowest BCUT2D eigenvalue weighted by Gasteiger charge is -2.20. The normalized spacial score (nSPS) is 12.6. The van der Waals surface area contributed by atoms with Crippen LogP contribution >= 0.6 is 0 Å². The van der Waals surface area contributed by atoms with Crippen LogP contribution < -0.4 is 0 Å². The summed E-state index contributed by atoms with van der Waals surface area (Å²) >= 11 is 0. The lowest BCUT2D eigenvalue weighted by Crippen LogP contribution is -2.28. The molecule has 0 aromatic heterocycles. The van der Waals surface area contributed by atoms with Crippen LogP contribution in [-0.4, -0.2) is 49.6 Å². The summed E-state index contributed by atoms with van der Waals surface area (Å²) in [5, 5.41) is 9.52. The fourth-order valence-electron chi connectivity index (χ4n) is 1.10. The van der Waals surface area contributed by atoms with Crippen LogP contribution in [0.5, 0.6) is 0 Å². The Labute approximate surface area is 126 Å². The summed E-state index contributed by atoms with van der Waals surface area (Å²) in [5.41, 5.74) is -0.232. The zero-order valence-electron chi connectivity index (χ0n) is 13.3. The SMILES string of the molecule is C=C(C)C(=O)OCC(O)COCCOC(=O)C(C)(C)CC. The molecule has 1 unspecified atom stereocenters. The molecule has 0 saturated carbocycles. The summed E-state index contributed by atoms with van der Waals surface area (Å²) in [5.74, 6) is -0.825. The molecule has 0 fully saturated rings. The zero-order valence-corrected chi connectivity index (χ0v) is 13.3. The van der Waals surface area contributed by atoms with Gasteiger partial charge in [-0.15, -0.1) is 0 Å². The Hall–Kier alpha value is -1.40. The Balaban J connectivity index is 3.70. The Kier molecular flexibility index (Phi) is 8.89. The van der Waals surface area contributed by atoms with Crippen molar-refractivity contribution >= 4 is 11.9 Å². The van der Waals surface area contributed by atoms with Crippen LogP contribution in [0, 0.1) is 5.41 Å². The van der Waals surface area contributed by atoms with E-state index < -0.39 is 17.5 Å². The Bertz CT molecular complexity index is 361. The van der Waals surface area contributed by atoms with E-state index in [1.807, 2.05) is 20.8 Å². The Morgan fingerprint density at radius 2 is 1.81 bits per heavy atom. The maximum Gasteiger partial charge on any atom is 0.333 e. The highest BCUT2D eigenvalue weighted by atomic mass is 16.6. The highest BCUT2D eigenvalue weighted by Crippen LogP contribution is 2.21. The fraction of sp³-hybridized carbons (Fsp3) is 0.733. The number of rotatable bonds is 10. The number of hydrogen-bond donors (Lipinski definition) is 1. The number of ether oxygens (including phenoxy) is 3. The van der Waals surface area contributed by atoms with Gasteiger partial charge in [0.25, 0.3) is 0 Å². The van der Waals surface area contributed by atoms with Crippen LogP contribution in [0.4, 0.5) is 0 Å². The van der Waals surface area contributed by atoms with Gasteiger partial charge in [-0.2, -0.15) is 0 Å². The van der Waals surface area contributed by atoms with E-state index in [0.717, 1.165) is 0 Å². The molecular weight excluding hydrogens is 276 g/mol. The minimum Gasteiger partial charge on any atom is -0.463 e. The lowest BCUT2D eigenvalue weighted by molar-refractivity contribution is -0.156. The molecule has 0 radical (unpaired) electrons. The first kappa shape index (κ1) is 19.6. The molecule has 0 bridgehead atoms. The van der Waals surface area contributed by atoms with Gasteiger partial charge in [-0.1, -0.05) is 13.5 Å². The number of hydrogen-bond acceptors (Lipinski definition) is 6. The molecule has 6 heteroatoms. The van der Waals surface area contributed by atoms with Crippen LogP contribution in [0.15, 0.2) is 12.2 Å². The minimum absolute atomic E-state index is 0.00179. The number of carbonyl (C=O) groups excluding carboxylic acids is 2. The van der Waals surface area contributed by atoms with Gasteiger partial charge in [0.1, 0.15) is 19.3 Å². The third-order valence-corrected chi connectivity index (χ3v) is 2.96. The van der Waals surface area contributed by atoms with Crippen molar-refractivity contribution < 1.29 is 28.9 Å². The second-order valence-corrected chi connectivity index (χ2v) is 5.48. The summed E-state index contributed by atoms with van der Waals surface area (Å²) in [4.78, 5) is 22.7. The molecule has 0 aromatic carbocycles. The lowest BCUT2D eigenvalue weighted by atomic mass is 9.91. The van der Waals surface area contributed by atoms with Gasteiger partial charge in [0.15, 0.2) is 0 Å². The largest absolute Gasteiger partial charge is 0.463 e. The van der Waals surface area contributed by atoms with Crippen LogP contribution in [-0.2, 0) is 23.8 Å². The van der Waals surface area contributed by atoms with E-state index in [9.17, 15) is 14.7 Å². The van der Waals surface area contributed by atoms with Crippen molar-refractivity contribution in [1.29, 1.82) is 0 Å². The van der Waals surface area contributed by atoms with Crippen molar-refractivity contribution in [2.75, 3.05) is 26.4 Å². The number of aliphatic hydroxyl groups excluding tert-OH is 1. The van der Waals surface area contributed by atoms with Gasteiger partial charge >= 0.3 is 11.9 Å². The number of aliphatic hydroxyl groups is 1. The topological polar surface area (TPSA) is 82.1 Å². The Morgan fingerprint density at radius 3 is 2.33 bits per heavy atom. The average Bonchev–Trinajstić information content (AvgIpc) is 2.43. The van der Waals surface area contributed by atoms with E-state index in [0.29, 0.717) is 6.42 Å². The van der Waals surface area contributed by atoms with Gasteiger partial charge in [-0.3, -0.25) is 4.79 Å². The molecule has 0 heterocycles. The van der Waals surface area contributed by atoms with Crippen molar-refractivity contribution in [3.8, 4) is 0 Å². The molecule has 0 aliphatic heterocycles. The zero-order chi connectivity index (χ0) is 16.5. The third-order valence-electron chi connectivity index (χ3n) is 2.96. The van der Waals surface area contributed by atoms with E-state index in [4.69, 9.17) is 14.2 Å². The smallest absolute Gasteiger partial charge is 0.333 e. The molecule has 21 heavy (non-hydrogen) atoms. The third kappa shape index (κ3) is 8.47. The average molecular weight is 302 g/mol. The summed E-state index contributed by atoms with van der Waals surface area (Å²) in [6, 6.07) is 0. The fourth-order valence-corrected chi connectivity index (χ4v) is 1.10. The van der Waals surface area contributed by atoms with E-state index in [1.165, 1.54) is 6.92 Å². The van der Waals surface area contributed by atoms with Gasteiger partial charge in [0.2, 0.25) is 0 Å². The molecule has 0 saturated heterocycles. The molecular formula is C15H26O6. The molecule has 0 aliphatic rings. The summed E-state index contributed by atoms with van der Waals surface area (Å²) in [6.07, 6.45) is -0.226. The molecule has 0 amide bonds. The Morgan fingerprint density at radius 1 is 1.19 bits per heavy atom. The molecule has 0 aromatic rings. The van der Waals surface area contributed by atoms with Gasteiger partial charge in [0, 0.05) is 5.57 Å². The van der Waals surface area contributed by atoms with E-state index in [-0.39, 0.29) is 38.0 Å². The molecule has 0 rings (SSSR count). The first-order valence-corrected chi connectivity index (χ1v) is 6.96. The van der Waals surface area contributed by atoms with Crippen molar-refractivity contribution in [2.24, 2.45) is 5.41 Å². The van der Waals surface area contributed by atoms with E-state index in [1.54, 1.807) is 0 Å². The molecule has 1 N–H and O–H groups in total. The standard InChI is InChI=1S/C15H26O6/c1-6-15(4,5)14(18)20-8-7-19-9-12(16)10-21-13(17)11(2)3/h12,16H,2,6-10H2,1,3-5H3. The minimum atomic E-state index is -0.920. The summed E-state index contributed by atoms with van der Waals surface area (Å²) in [7, 11) is 0. The van der Waals surface area contributed by atoms with E-state index in [2.05, 4.69) is 6.58 Å². The van der Waals surface area contributed by atoms with Crippen LogP contribution in [0.1, 0.15) is 34.1 Å². The molecule has 122 valence electrons. The van der Waals surface area contributed by atoms with Crippen LogP contribution in [0.3, 0.4) is 0 Å². The first-order valence-electron chi connectivity index (χ1n) is 6.96.